The molecule has 3 heterocycles. The van der Waals surface area contributed by atoms with Crippen LogP contribution in [0, 0.1) is 0 Å². The fourth-order valence-electron chi connectivity index (χ4n) is 10.3. The van der Waals surface area contributed by atoms with Gasteiger partial charge in [0.2, 0.25) is 0 Å². The van der Waals surface area contributed by atoms with E-state index in [0.717, 1.165) is 94.8 Å². The average Bonchev–Trinajstić information content (AvgIpc) is 3.66. The number of nitrogens with zero attached hydrogens (tertiary/aromatic N) is 3. The van der Waals surface area contributed by atoms with Crippen molar-refractivity contribution < 1.29 is 4.74 Å². The molecule has 0 amide bonds. The molecule has 4 nitrogen and oxygen atoms in total. The van der Waals surface area contributed by atoms with Gasteiger partial charge in [0.25, 0.3) is 0 Å². The Morgan fingerprint density at radius 2 is 0.891 bits per heavy atom. The molecule has 1 aliphatic heterocycles. The summed E-state index contributed by atoms with van der Waals surface area (Å²) in [6.45, 7) is 0. The highest BCUT2D eigenvalue weighted by Crippen LogP contribution is 2.62. The first-order chi connectivity index (χ1) is 31.7. The Bertz CT molecular complexity index is 3590. The third kappa shape index (κ3) is 5.52. The van der Waals surface area contributed by atoms with Gasteiger partial charge in [0, 0.05) is 44.2 Å². The lowest BCUT2D eigenvalue weighted by molar-refractivity contribution is 0.437. The molecule has 0 saturated heterocycles. The summed E-state index contributed by atoms with van der Waals surface area (Å²) in [5.74, 6) is 2.39. The normalized spacial score (nSPS) is 12.9. The number of rotatable bonds is 5. The highest BCUT2D eigenvalue weighted by molar-refractivity contribution is 6.12. The van der Waals surface area contributed by atoms with E-state index in [-0.39, 0.29) is 0 Å². The molecule has 0 saturated carbocycles. The summed E-state index contributed by atoms with van der Waals surface area (Å²) in [5, 5.41) is 3.28. The maximum atomic E-state index is 6.97. The Hall–Kier alpha value is -8.47. The first-order valence-electron chi connectivity index (χ1n) is 21.8. The van der Waals surface area contributed by atoms with Crippen LogP contribution in [0.25, 0.3) is 89.1 Å². The van der Waals surface area contributed by atoms with Crippen molar-refractivity contribution in [1.82, 2.24) is 15.0 Å². The van der Waals surface area contributed by atoms with Crippen LogP contribution < -0.4 is 4.74 Å². The number of benzene rings is 9. The third-order valence-electron chi connectivity index (χ3n) is 13.1. The highest BCUT2D eigenvalue weighted by Gasteiger charge is 2.51. The number of para-hydroxylation sites is 2. The molecule has 298 valence electrons. The quantitative estimate of drug-likeness (QED) is 0.162. The molecule has 0 bridgehead atoms. The van der Waals surface area contributed by atoms with Crippen molar-refractivity contribution >= 4 is 21.7 Å². The number of fused-ring (bicyclic) bond motifs is 12. The van der Waals surface area contributed by atoms with Gasteiger partial charge in [0.05, 0.1) is 28.0 Å². The standard InChI is InChI=1S/C60H37N3O/c1-3-16-38(17-4-1)42-20-15-21-43(34-42)55-37-54(62-59(63-55)41-18-5-2-6-19-41)39-30-32-40(33-31-39)58-48-36-57-52(35-47(48)46-24-9-13-28-53(46)61-58)60(51-27-12-14-29-56(51)64-57)49-25-10-7-22-44(49)45-23-8-11-26-50(45)60/h1-37H. The summed E-state index contributed by atoms with van der Waals surface area (Å²) >= 11 is 0. The first kappa shape index (κ1) is 36.2. The van der Waals surface area contributed by atoms with E-state index in [9.17, 15) is 0 Å². The van der Waals surface area contributed by atoms with Crippen LogP contribution in [0.3, 0.4) is 0 Å². The van der Waals surface area contributed by atoms with Crippen LogP contribution in [-0.4, -0.2) is 15.0 Å². The summed E-state index contributed by atoms with van der Waals surface area (Å²) in [6.07, 6.45) is 0. The van der Waals surface area contributed by atoms with Gasteiger partial charge >= 0.3 is 0 Å². The smallest absolute Gasteiger partial charge is 0.160 e. The van der Waals surface area contributed by atoms with Gasteiger partial charge in [0.1, 0.15) is 11.5 Å². The van der Waals surface area contributed by atoms with Crippen molar-refractivity contribution in [3.05, 3.63) is 247 Å². The van der Waals surface area contributed by atoms with Gasteiger partial charge in [-0.05, 0) is 75.2 Å². The zero-order valence-corrected chi connectivity index (χ0v) is 34.6. The van der Waals surface area contributed by atoms with Gasteiger partial charge in [-0.3, -0.25) is 0 Å². The van der Waals surface area contributed by atoms with Crippen molar-refractivity contribution in [2.45, 2.75) is 5.41 Å². The monoisotopic (exact) mass is 815 g/mol. The van der Waals surface area contributed by atoms with Crippen LogP contribution in [-0.2, 0) is 5.41 Å². The van der Waals surface area contributed by atoms with E-state index in [1.807, 2.05) is 24.3 Å². The Morgan fingerprint density at radius 3 is 1.64 bits per heavy atom. The largest absolute Gasteiger partial charge is 0.457 e. The molecule has 1 aliphatic carbocycles. The Morgan fingerprint density at radius 1 is 0.312 bits per heavy atom. The molecule has 1 spiro atoms. The summed E-state index contributed by atoms with van der Waals surface area (Å²) in [6, 6.07) is 79.4. The van der Waals surface area contributed by atoms with Crippen molar-refractivity contribution in [3.8, 4) is 78.9 Å². The van der Waals surface area contributed by atoms with Crippen molar-refractivity contribution in [2.24, 2.45) is 0 Å². The lowest BCUT2D eigenvalue weighted by atomic mass is 9.65. The fourth-order valence-corrected chi connectivity index (χ4v) is 10.3. The second-order valence-corrected chi connectivity index (χ2v) is 16.7. The summed E-state index contributed by atoms with van der Waals surface area (Å²) in [7, 11) is 0. The predicted octanol–water partition coefficient (Wildman–Crippen LogP) is 15.0. The highest BCUT2D eigenvalue weighted by atomic mass is 16.5. The van der Waals surface area contributed by atoms with Crippen LogP contribution in [0.2, 0.25) is 0 Å². The van der Waals surface area contributed by atoms with Crippen LogP contribution in [0.5, 0.6) is 11.5 Å². The van der Waals surface area contributed by atoms with Gasteiger partial charge < -0.3 is 4.74 Å². The van der Waals surface area contributed by atoms with Crippen LogP contribution in [0.1, 0.15) is 22.3 Å². The summed E-state index contributed by atoms with van der Waals surface area (Å²) < 4.78 is 6.97. The zero-order chi connectivity index (χ0) is 42.2. The van der Waals surface area contributed by atoms with Crippen LogP contribution >= 0.6 is 0 Å². The van der Waals surface area contributed by atoms with Gasteiger partial charge in [-0.15, -0.1) is 0 Å². The molecule has 0 radical (unpaired) electrons. The number of ether oxygens (including phenoxy) is 1. The molecular weight excluding hydrogens is 779 g/mol. The van der Waals surface area contributed by atoms with E-state index in [4.69, 9.17) is 19.7 Å². The Balaban J connectivity index is 0.978. The third-order valence-corrected chi connectivity index (χ3v) is 13.1. The number of aromatic nitrogens is 3. The number of hydrogen-bond acceptors (Lipinski definition) is 4. The molecule has 2 aliphatic rings. The van der Waals surface area contributed by atoms with E-state index in [2.05, 4.69) is 200 Å². The molecule has 0 atom stereocenters. The second-order valence-electron chi connectivity index (χ2n) is 16.7. The van der Waals surface area contributed by atoms with Crippen molar-refractivity contribution in [3.63, 3.8) is 0 Å². The lowest BCUT2D eigenvalue weighted by Gasteiger charge is -2.39. The van der Waals surface area contributed by atoms with E-state index >= 15 is 0 Å². The molecule has 2 aromatic heterocycles. The van der Waals surface area contributed by atoms with E-state index in [1.54, 1.807) is 0 Å². The van der Waals surface area contributed by atoms with E-state index in [0.29, 0.717) is 5.82 Å². The number of pyridine rings is 1. The minimum atomic E-state index is -0.560. The van der Waals surface area contributed by atoms with Gasteiger partial charge in [-0.1, -0.05) is 188 Å². The molecule has 11 aromatic rings. The molecular formula is C60H37N3O. The first-order valence-corrected chi connectivity index (χ1v) is 21.8. The topological polar surface area (TPSA) is 47.9 Å². The maximum Gasteiger partial charge on any atom is 0.160 e. The lowest BCUT2D eigenvalue weighted by Crippen LogP contribution is -2.32. The number of hydrogen-bond donors (Lipinski definition) is 0. The minimum absolute atomic E-state index is 0.560. The van der Waals surface area contributed by atoms with Crippen molar-refractivity contribution in [1.29, 1.82) is 0 Å². The van der Waals surface area contributed by atoms with Gasteiger partial charge in [0.15, 0.2) is 5.82 Å². The fraction of sp³-hybridized carbons (Fsp3) is 0.0167. The molecule has 0 fully saturated rings. The minimum Gasteiger partial charge on any atom is -0.457 e. The molecule has 9 aromatic carbocycles. The van der Waals surface area contributed by atoms with Crippen molar-refractivity contribution in [2.75, 3.05) is 0 Å². The SMILES string of the molecule is c1ccc(-c2cccc(-c3cc(-c4ccc(-c5nc6ccccc6c6cc7c(cc56)Oc5ccccc5C75c6ccccc6-c6ccccc65)cc4)nc(-c4ccccc4)n3)c2)cc1. The van der Waals surface area contributed by atoms with Crippen LogP contribution in [0.4, 0.5) is 0 Å². The molecule has 64 heavy (non-hydrogen) atoms. The Kier molecular flexibility index (Phi) is 8.09. The van der Waals surface area contributed by atoms with Crippen LogP contribution in [0.15, 0.2) is 224 Å². The van der Waals surface area contributed by atoms with Gasteiger partial charge in [-0.2, -0.15) is 0 Å². The van der Waals surface area contributed by atoms with E-state index < -0.39 is 5.41 Å². The van der Waals surface area contributed by atoms with Gasteiger partial charge in [-0.25, -0.2) is 15.0 Å². The molecule has 4 heteroatoms. The summed E-state index contributed by atoms with van der Waals surface area (Å²) in [4.78, 5) is 15.7. The zero-order valence-electron chi connectivity index (χ0n) is 34.6. The molecule has 0 N–H and O–H groups in total. The second kappa shape index (κ2) is 14.3. The molecule has 0 unspecified atom stereocenters. The molecule has 13 rings (SSSR count). The van der Waals surface area contributed by atoms with E-state index in [1.165, 1.54) is 22.3 Å². The Labute approximate surface area is 370 Å². The average molecular weight is 816 g/mol. The summed E-state index contributed by atoms with van der Waals surface area (Å²) in [5.41, 5.74) is 16.7. The maximum absolute atomic E-state index is 6.97. The predicted molar refractivity (Wildman–Crippen MR) is 259 cm³/mol.